The number of rotatable bonds is 0. The summed E-state index contributed by atoms with van der Waals surface area (Å²) in [5.74, 6) is 2.37. The van der Waals surface area contributed by atoms with Gasteiger partial charge in [0.05, 0.1) is 5.69 Å². The quantitative estimate of drug-likeness (QED) is 0.735. The van der Waals surface area contributed by atoms with Crippen LogP contribution in [0, 0.1) is 11.8 Å². The van der Waals surface area contributed by atoms with Gasteiger partial charge in [0.1, 0.15) is 6.04 Å². The second-order valence-electron chi connectivity index (χ2n) is 5.32. The lowest BCUT2D eigenvalue weighted by atomic mass is 9.93. The Bertz CT molecular complexity index is 487. The van der Waals surface area contributed by atoms with E-state index in [-0.39, 0.29) is 11.9 Å². The maximum Gasteiger partial charge on any atom is 0.247 e. The van der Waals surface area contributed by atoms with Crippen LogP contribution in [0.15, 0.2) is 18.3 Å². The molecular formula is C13H15N3O. The third-order valence-electron chi connectivity index (χ3n) is 4.48. The average Bonchev–Trinajstić information content (AvgIpc) is 2.88. The van der Waals surface area contributed by atoms with Gasteiger partial charge in [-0.1, -0.05) is 6.42 Å². The van der Waals surface area contributed by atoms with Crippen molar-refractivity contribution in [2.75, 3.05) is 16.8 Å². The van der Waals surface area contributed by atoms with Crippen molar-refractivity contribution in [3.05, 3.63) is 18.3 Å². The number of aromatic nitrogens is 1. The van der Waals surface area contributed by atoms with E-state index in [2.05, 4.69) is 15.2 Å². The van der Waals surface area contributed by atoms with Crippen molar-refractivity contribution in [2.45, 2.75) is 25.3 Å². The molecule has 1 saturated carbocycles. The predicted octanol–water partition coefficient (Wildman–Crippen LogP) is 1.64. The van der Waals surface area contributed by atoms with Gasteiger partial charge in [-0.3, -0.25) is 4.79 Å². The highest BCUT2D eigenvalue weighted by Crippen LogP contribution is 2.46. The monoisotopic (exact) mass is 229 g/mol. The van der Waals surface area contributed by atoms with E-state index < -0.39 is 0 Å². The lowest BCUT2D eigenvalue weighted by Gasteiger charge is -2.33. The van der Waals surface area contributed by atoms with Gasteiger partial charge in [0.25, 0.3) is 0 Å². The average molecular weight is 229 g/mol. The van der Waals surface area contributed by atoms with Gasteiger partial charge in [0, 0.05) is 12.7 Å². The summed E-state index contributed by atoms with van der Waals surface area (Å²) >= 11 is 0. The van der Waals surface area contributed by atoms with Crippen LogP contribution >= 0.6 is 0 Å². The van der Waals surface area contributed by atoms with Crippen LogP contribution in [0.5, 0.6) is 0 Å². The van der Waals surface area contributed by atoms with Gasteiger partial charge in [0.2, 0.25) is 5.91 Å². The number of hydrogen-bond donors (Lipinski definition) is 1. The van der Waals surface area contributed by atoms with Crippen LogP contribution in [-0.2, 0) is 4.79 Å². The second kappa shape index (κ2) is 3.22. The van der Waals surface area contributed by atoms with Crippen LogP contribution in [0.3, 0.4) is 0 Å². The summed E-state index contributed by atoms with van der Waals surface area (Å²) < 4.78 is 0. The zero-order chi connectivity index (χ0) is 11.4. The summed E-state index contributed by atoms with van der Waals surface area (Å²) in [6.45, 7) is 1.01. The van der Waals surface area contributed by atoms with Crippen molar-refractivity contribution in [2.24, 2.45) is 11.8 Å². The molecule has 3 aliphatic rings. The van der Waals surface area contributed by atoms with Crippen molar-refractivity contribution in [1.82, 2.24) is 4.98 Å². The molecule has 4 heteroatoms. The summed E-state index contributed by atoms with van der Waals surface area (Å²) in [6, 6.07) is 3.84. The van der Waals surface area contributed by atoms with Crippen LogP contribution < -0.4 is 10.2 Å². The van der Waals surface area contributed by atoms with E-state index >= 15 is 0 Å². The maximum atomic E-state index is 12.2. The second-order valence-corrected chi connectivity index (χ2v) is 5.32. The first-order valence-corrected chi connectivity index (χ1v) is 6.37. The third kappa shape index (κ3) is 1.18. The first kappa shape index (κ1) is 9.45. The highest BCUT2D eigenvalue weighted by Gasteiger charge is 2.50. The molecule has 3 unspecified atom stereocenters. The Labute approximate surface area is 100 Å². The van der Waals surface area contributed by atoms with Gasteiger partial charge >= 0.3 is 0 Å². The first-order chi connectivity index (χ1) is 8.34. The number of nitrogens with one attached hydrogen (secondary N) is 1. The molecule has 2 fully saturated rings. The van der Waals surface area contributed by atoms with Crippen LogP contribution in [0.25, 0.3) is 0 Å². The Morgan fingerprint density at radius 3 is 3.29 bits per heavy atom. The number of carbonyl (C=O) groups excluding carboxylic acids is 1. The lowest BCUT2D eigenvalue weighted by molar-refractivity contribution is -0.118. The van der Waals surface area contributed by atoms with E-state index in [1.54, 1.807) is 0 Å². The number of pyridine rings is 1. The lowest BCUT2D eigenvalue weighted by Crippen LogP contribution is -2.47. The molecule has 0 aromatic carbocycles. The first-order valence-electron chi connectivity index (χ1n) is 6.37. The molecule has 3 atom stereocenters. The Morgan fingerprint density at radius 2 is 2.35 bits per heavy atom. The van der Waals surface area contributed by atoms with Crippen LogP contribution in [0.1, 0.15) is 19.3 Å². The molecule has 4 nitrogen and oxygen atoms in total. The number of nitrogens with zero attached hydrogens (tertiary/aromatic N) is 2. The summed E-state index contributed by atoms with van der Waals surface area (Å²) in [5, 5.41) is 3.00. The molecule has 1 aromatic heterocycles. The number of anilines is 2. The summed E-state index contributed by atoms with van der Waals surface area (Å²) in [7, 11) is 0. The van der Waals surface area contributed by atoms with Gasteiger partial charge in [-0.25, -0.2) is 4.98 Å². The van der Waals surface area contributed by atoms with Gasteiger partial charge in [-0.2, -0.15) is 0 Å². The van der Waals surface area contributed by atoms with Crippen LogP contribution in [-0.4, -0.2) is 23.5 Å². The topological polar surface area (TPSA) is 45.2 Å². The van der Waals surface area contributed by atoms with E-state index in [0.717, 1.165) is 18.1 Å². The molecule has 0 bridgehead atoms. The zero-order valence-corrected chi connectivity index (χ0v) is 9.60. The van der Waals surface area contributed by atoms with E-state index in [4.69, 9.17) is 0 Å². The standard InChI is InChI=1S/C13H15N3O/c17-13-11-9-4-1-3-8(9)7-16(11)12-10(15-13)5-2-6-14-12/h2,5-6,8-9,11H,1,3-4,7H2,(H,15,17). The molecule has 1 amide bonds. The maximum absolute atomic E-state index is 12.2. The molecule has 1 saturated heterocycles. The number of carbonyl (C=O) groups is 1. The normalized spacial score (nSPS) is 34.0. The Hall–Kier alpha value is -1.58. The molecule has 88 valence electrons. The van der Waals surface area contributed by atoms with Crippen LogP contribution in [0.2, 0.25) is 0 Å². The van der Waals surface area contributed by atoms with E-state index in [1.165, 1.54) is 19.3 Å². The van der Waals surface area contributed by atoms with E-state index in [1.807, 2.05) is 18.3 Å². The SMILES string of the molecule is O=C1Nc2cccnc2N2CC3CCCC3C12. The predicted molar refractivity (Wildman–Crippen MR) is 64.8 cm³/mol. The smallest absolute Gasteiger partial charge is 0.247 e. The molecular weight excluding hydrogens is 214 g/mol. The summed E-state index contributed by atoms with van der Waals surface area (Å²) in [4.78, 5) is 18.9. The highest BCUT2D eigenvalue weighted by molar-refractivity contribution is 6.03. The van der Waals surface area contributed by atoms with E-state index in [9.17, 15) is 4.79 Å². The highest BCUT2D eigenvalue weighted by atomic mass is 16.2. The van der Waals surface area contributed by atoms with Gasteiger partial charge in [-0.15, -0.1) is 0 Å². The Kier molecular flexibility index (Phi) is 1.79. The molecule has 1 aromatic rings. The van der Waals surface area contributed by atoms with E-state index in [0.29, 0.717) is 11.8 Å². The molecule has 0 spiro atoms. The minimum Gasteiger partial charge on any atom is -0.342 e. The molecule has 17 heavy (non-hydrogen) atoms. The van der Waals surface area contributed by atoms with Crippen LogP contribution in [0.4, 0.5) is 11.5 Å². The number of amides is 1. The minimum atomic E-state index is 0.0323. The fraction of sp³-hybridized carbons (Fsp3) is 0.538. The van der Waals surface area contributed by atoms with Crippen molar-refractivity contribution in [3.8, 4) is 0 Å². The van der Waals surface area contributed by atoms with Crippen molar-refractivity contribution < 1.29 is 4.79 Å². The number of fused-ring (bicyclic) bond motifs is 5. The molecule has 1 aliphatic carbocycles. The largest absolute Gasteiger partial charge is 0.342 e. The fourth-order valence-corrected chi connectivity index (χ4v) is 3.79. The van der Waals surface area contributed by atoms with Crippen molar-refractivity contribution in [3.63, 3.8) is 0 Å². The third-order valence-corrected chi connectivity index (χ3v) is 4.48. The van der Waals surface area contributed by atoms with Crippen molar-refractivity contribution >= 4 is 17.4 Å². The molecule has 2 aliphatic heterocycles. The van der Waals surface area contributed by atoms with Gasteiger partial charge < -0.3 is 10.2 Å². The van der Waals surface area contributed by atoms with Gasteiger partial charge in [-0.05, 0) is 36.8 Å². The minimum absolute atomic E-state index is 0.0323. The Balaban J connectivity index is 1.81. The van der Waals surface area contributed by atoms with Gasteiger partial charge in [0.15, 0.2) is 5.82 Å². The molecule has 1 N–H and O–H groups in total. The zero-order valence-electron chi connectivity index (χ0n) is 9.60. The Morgan fingerprint density at radius 1 is 1.41 bits per heavy atom. The van der Waals surface area contributed by atoms with Crippen molar-refractivity contribution in [1.29, 1.82) is 0 Å². The molecule has 3 heterocycles. The summed E-state index contributed by atoms with van der Waals surface area (Å²) in [6.07, 6.45) is 5.55. The molecule has 4 rings (SSSR count). The number of hydrogen-bond acceptors (Lipinski definition) is 3. The molecule has 0 radical (unpaired) electrons. The summed E-state index contributed by atoms with van der Waals surface area (Å²) in [5.41, 5.74) is 0.869. The fourth-order valence-electron chi connectivity index (χ4n) is 3.79.